The van der Waals surface area contributed by atoms with Crippen LogP contribution in [0.4, 0.5) is 5.69 Å². The number of nitrogens with two attached hydrogens (primary N) is 1. The van der Waals surface area contributed by atoms with Crippen molar-refractivity contribution in [3.05, 3.63) is 29.3 Å². The number of esters is 1. The van der Waals surface area contributed by atoms with Gasteiger partial charge in [0.1, 0.15) is 11.6 Å². The SMILES string of the molecule is CCOC(=O)c1ccc(C(Cl)C(N)=O)c(NCC2CCC(O)N2CC)c1. The first-order chi connectivity index (χ1) is 12.4. The highest BCUT2D eigenvalue weighted by molar-refractivity contribution is 6.31. The Bertz CT molecular complexity index is 655. The lowest BCUT2D eigenvalue weighted by molar-refractivity contribution is -0.117. The van der Waals surface area contributed by atoms with Crippen molar-refractivity contribution < 1.29 is 19.4 Å². The Morgan fingerprint density at radius 3 is 2.77 bits per heavy atom. The molecule has 1 aliphatic rings. The number of alkyl halides is 1. The minimum Gasteiger partial charge on any atom is -0.462 e. The minimum absolute atomic E-state index is 0.149. The number of carbonyl (C=O) groups excluding carboxylic acids is 2. The molecule has 0 spiro atoms. The maximum Gasteiger partial charge on any atom is 0.338 e. The van der Waals surface area contributed by atoms with Gasteiger partial charge in [-0.25, -0.2) is 4.79 Å². The maximum absolute atomic E-state index is 12.0. The zero-order valence-electron chi connectivity index (χ0n) is 15.1. The summed E-state index contributed by atoms with van der Waals surface area (Å²) in [4.78, 5) is 25.5. The number of benzene rings is 1. The van der Waals surface area contributed by atoms with Gasteiger partial charge in [0.2, 0.25) is 5.91 Å². The van der Waals surface area contributed by atoms with Crippen LogP contribution < -0.4 is 11.1 Å². The van der Waals surface area contributed by atoms with Gasteiger partial charge in [0.15, 0.2) is 0 Å². The lowest BCUT2D eigenvalue weighted by Crippen LogP contribution is -2.39. The molecule has 26 heavy (non-hydrogen) atoms. The van der Waals surface area contributed by atoms with E-state index in [0.717, 1.165) is 19.4 Å². The number of primary amides is 1. The van der Waals surface area contributed by atoms with E-state index in [0.29, 0.717) is 23.4 Å². The van der Waals surface area contributed by atoms with Crippen molar-refractivity contribution in [2.75, 3.05) is 25.0 Å². The average molecular weight is 384 g/mol. The molecule has 7 nitrogen and oxygen atoms in total. The summed E-state index contributed by atoms with van der Waals surface area (Å²) in [5.41, 5.74) is 6.77. The second-order valence-corrected chi connectivity index (χ2v) is 6.65. The lowest BCUT2D eigenvalue weighted by Gasteiger charge is -2.27. The van der Waals surface area contributed by atoms with Crippen LogP contribution in [0.1, 0.15) is 48.0 Å². The van der Waals surface area contributed by atoms with Crippen LogP contribution in [0.5, 0.6) is 0 Å². The van der Waals surface area contributed by atoms with Crippen molar-refractivity contribution >= 4 is 29.2 Å². The van der Waals surface area contributed by atoms with Gasteiger partial charge >= 0.3 is 5.97 Å². The number of nitrogens with one attached hydrogen (secondary N) is 1. The van der Waals surface area contributed by atoms with E-state index in [-0.39, 0.29) is 12.6 Å². The van der Waals surface area contributed by atoms with Crippen LogP contribution >= 0.6 is 11.6 Å². The zero-order chi connectivity index (χ0) is 19.3. The topological polar surface area (TPSA) is 105 Å². The van der Waals surface area contributed by atoms with Crippen LogP contribution in [0.2, 0.25) is 0 Å². The van der Waals surface area contributed by atoms with Crippen molar-refractivity contribution in [3.63, 3.8) is 0 Å². The van der Waals surface area contributed by atoms with Gasteiger partial charge in [-0.15, -0.1) is 11.6 Å². The molecule has 0 saturated carbocycles. The molecule has 3 unspecified atom stereocenters. The Hall–Kier alpha value is -1.83. The highest BCUT2D eigenvalue weighted by Gasteiger charge is 2.30. The predicted molar refractivity (Wildman–Crippen MR) is 100 cm³/mol. The van der Waals surface area contributed by atoms with E-state index in [1.165, 1.54) is 0 Å². The quantitative estimate of drug-likeness (QED) is 0.467. The smallest absolute Gasteiger partial charge is 0.338 e. The molecular formula is C18H26ClN3O4. The van der Waals surface area contributed by atoms with Crippen LogP contribution in [0.25, 0.3) is 0 Å². The summed E-state index contributed by atoms with van der Waals surface area (Å²) in [7, 11) is 0. The fourth-order valence-corrected chi connectivity index (χ4v) is 3.45. The second kappa shape index (κ2) is 9.21. The molecular weight excluding hydrogens is 358 g/mol. The number of nitrogens with zero attached hydrogens (tertiary/aromatic N) is 1. The first-order valence-corrected chi connectivity index (χ1v) is 9.24. The number of aliphatic hydroxyl groups is 1. The van der Waals surface area contributed by atoms with Crippen LogP contribution in [-0.2, 0) is 9.53 Å². The molecule has 1 saturated heterocycles. The number of likely N-dealkylation sites (N-methyl/N-ethyl adjacent to an activating group) is 1. The third-order valence-electron chi connectivity index (χ3n) is 4.59. The van der Waals surface area contributed by atoms with E-state index in [2.05, 4.69) is 5.32 Å². The van der Waals surface area contributed by atoms with E-state index in [1.807, 2.05) is 11.8 Å². The fourth-order valence-electron chi connectivity index (χ4n) is 3.26. The summed E-state index contributed by atoms with van der Waals surface area (Å²) in [6.07, 6.45) is 1.13. The molecule has 1 amide bonds. The van der Waals surface area contributed by atoms with Crippen molar-refractivity contribution in [1.82, 2.24) is 4.90 Å². The Morgan fingerprint density at radius 2 is 2.15 bits per heavy atom. The Balaban J connectivity index is 2.23. The summed E-state index contributed by atoms with van der Waals surface area (Å²) in [5.74, 6) is -1.11. The van der Waals surface area contributed by atoms with Crippen LogP contribution in [-0.4, -0.2) is 53.8 Å². The minimum atomic E-state index is -1.01. The van der Waals surface area contributed by atoms with E-state index < -0.39 is 23.5 Å². The van der Waals surface area contributed by atoms with Gasteiger partial charge in [-0.3, -0.25) is 9.69 Å². The largest absolute Gasteiger partial charge is 0.462 e. The van der Waals surface area contributed by atoms with E-state index in [9.17, 15) is 14.7 Å². The lowest BCUT2D eigenvalue weighted by atomic mass is 10.0. The number of likely N-dealkylation sites (tertiary alicyclic amines) is 1. The van der Waals surface area contributed by atoms with Crippen molar-refractivity contribution in [1.29, 1.82) is 0 Å². The van der Waals surface area contributed by atoms with Gasteiger partial charge in [0.05, 0.1) is 12.2 Å². The second-order valence-electron chi connectivity index (χ2n) is 6.21. The third-order valence-corrected chi connectivity index (χ3v) is 5.04. The Morgan fingerprint density at radius 1 is 1.42 bits per heavy atom. The molecule has 4 N–H and O–H groups in total. The molecule has 8 heteroatoms. The van der Waals surface area contributed by atoms with E-state index in [4.69, 9.17) is 22.1 Å². The summed E-state index contributed by atoms with van der Waals surface area (Å²) < 4.78 is 5.02. The Labute approximate surface area is 158 Å². The average Bonchev–Trinajstić information content (AvgIpc) is 2.98. The number of ether oxygens (including phenoxy) is 1. The molecule has 1 aromatic rings. The van der Waals surface area contributed by atoms with E-state index >= 15 is 0 Å². The molecule has 1 fully saturated rings. The molecule has 1 aliphatic heterocycles. The van der Waals surface area contributed by atoms with E-state index in [1.54, 1.807) is 25.1 Å². The monoisotopic (exact) mass is 383 g/mol. The molecule has 144 valence electrons. The molecule has 2 rings (SSSR count). The van der Waals surface area contributed by atoms with Crippen molar-refractivity contribution in [2.45, 2.75) is 44.3 Å². The van der Waals surface area contributed by atoms with Gasteiger partial charge in [-0.1, -0.05) is 13.0 Å². The molecule has 0 radical (unpaired) electrons. The highest BCUT2D eigenvalue weighted by Crippen LogP contribution is 2.30. The van der Waals surface area contributed by atoms with Crippen molar-refractivity contribution in [2.24, 2.45) is 5.73 Å². The van der Waals surface area contributed by atoms with Crippen molar-refractivity contribution in [3.8, 4) is 0 Å². The number of carbonyl (C=O) groups is 2. The molecule has 1 aromatic carbocycles. The summed E-state index contributed by atoms with van der Waals surface area (Å²) in [5, 5.41) is 12.3. The maximum atomic E-state index is 12.0. The number of halogens is 1. The zero-order valence-corrected chi connectivity index (χ0v) is 15.8. The highest BCUT2D eigenvalue weighted by atomic mass is 35.5. The van der Waals surface area contributed by atoms with Gasteiger partial charge < -0.3 is 20.9 Å². The van der Waals surface area contributed by atoms with Crippen LogP contribution in [0, 0.1) is 0 Å². The third kappa shape index (κ3) is 4.66. The summed E-state index contributed by atoms with van der Waals surface area (Å²) in [6.45, 7) is 5.29. The standard InChI is InChI=1S/C18H26ClN3O4/c1-3-22-12(6-8-15(22)23)10-21-14-9-11(18(25)26-4-2)5-7-13(14)16(19)17(20)24/h5,7,9,12,15-16,21,23H,3-4,6,8,10H2,1-2H3,(H2,20,24). The van der Waals surface area contributed by atoms with Gasteiger partial charge in [0.25, 0.3) is 0 Å². The molecule has 1 heterocycles. The number of amides is 1. The number of anilines is 1. The summed E-state index contributed by atoms with van der Waals surface area (Å²) in [6, 6.07) is 4.94. The van der Waals surface area contributed by atoms with Crippen LogP contribution in [0.3, 0.4) is 0 Å². The molecule has 0 bridgehead atoms. The predicted octanol–water partition coefficient (Wildman–Crippen LogP) is 1.84. The normalized spacial score (nSPS) is 21.4. The summed E-state index contributed by atoms with van der Waals surface area (Å²) >= 11 is 6.13. The molecule has 0 aromatic heterocycles. The first kappa shape index (κ1) is 20.5. The molecule has 3 atom stereocenters. The number of aliphatic hydroxyl groups excluding tert-OH is 1. The fraction of sp³-hybridized carbons (Fsp3) is 0.556. The number of hydrogen-bond donors (Lipinski definition) is 3. The Kier molecular flexibility index (Phi) is 7.25. The van der Waals surface area contributed by atoms with Crippen LogP contribution in [0.15, 0.2) is 18.2 Å². The number of rotatable bonds is 8. The van der Waals surface area contributed by atoms with Gasteiger partial charge in [-0.05, 0) is 38.4 Å². The number of hydrogen-bond acceptors (Lipinski definition) is 6. The molecule has 0 aliphatic carbocycles. The van der Waals surface area contributed by atoms with Gasteiger partial charge in [0, 0.05) is 23.8 Å². The van der Waals surface area contributed by atoms with Gasteiger partial charge in [-0.2, -0.15) is 0 Å². The first-order valence-electron chi connectivity index (χ1n) is 8.81.